The maximum absolute atomic E-state index is 12.1. The molecule has 1 aromatic carbocycles. The van der Waals surface area contributed by atoms with Gasteiger partial charge in [-0.3, -0.25) is 4.79 Å². The molecule has 5 heteroatoms. The molecule has 26 heavy (non-hydrogen) atoms. The second kappa shape index (κ2) is 6.65. The van der Waals surface area contributed by atoms with Gasteiger partial charge < -0.3 is 4.90 Å². The Balaban J connectivity index is 1.65. The molecule has 1 fully saturated rings. The number of Topliss-reactive ketones (excluding diaryl/α,β-unsaturated/α-hetero) is 1. The van der Waals surface area contributed by atoms with Gasteiger partial charge in [-0.15, -0.1) is 0 Å². The van der Waals surface area contributed by atoms with Gasteiger partial charge in [-0.1, -0.05) is 30.3 Å². The third-order valence-electron chi connectivity index (χ3n) is 5.23. The van der Waals surface area contributed by atoms with Crippen molar-refractivity contribution in [3.63, 3.8) is 0 Å². The van der Waals surface area contributed by atoms with E-state index in [0.29, 0.717) is 18.3 Å². The van der Waals surface area contributed by atoms with E-state index < -0.39 is 0 Å². The van der Waals surface area contributed by atoms with Crippen LogP contribution in [0.1, 0.15) is 37.2 Å². The van der Waals surface area contributed by atoms with Crippen LogP contribution in [0.2, 0.25) is 0 Å². The molecule has 0 amide bonds. The van der Waals surface area contributed by atoms with Crippen molar-refractivity contribution in [3.8, 4) is 11.3 Å². The molecule has 1 aliphatic carbocycles. The molecule has 134 valence electrons. The van der Waals surface area contributed by atoms with E-state index >= 15 is 0 Å². The molecule has 0 radical (unpaired) electrons. The molecule has 1 atom stereocenters. The van der Waals surface area contributed by atoms with Gasteiger partial charge in [0.1, 0.15) is 5.78 Å². The standard InChI is InChI=1S/C21H24N4O/c1-14(24(2)3)15-7-9-16(10-8-15)18-5-4-6-21-22-20(23-25(18)21)13-19(26)17-11-12-17/h4-10,14,17H,11-13H2,1-3H3. The predicted molar refractivity (Wildman–Crippen MR) is 102 cm³/mol. The monoisotopic (exact) mass is 348 g/mol. The summed E-state index contributed by atoms with van der Waals surface area (Å²) in [6.45, 7) is 2.19. The first-order valence-corrected chi connectivity index (χ1v) is 9.17. The van der Waals surface area contributed by atoms with Crippen LogP contribution in [0.15, 0.2) is 42.5 Å². The summed E-state index contributed by atoms with van der Waals surface area (Å²) in [6.07, 6.45) is 2.38. The van der Waals surface area contributed by atoms with Crippen molar-refractivity contribution in [1.29, 1.82) is 0 Å². The van der Waals surface area contributed by atoms with E-state index in [1.807, 2.05) is 22.7 Å². The molecule has 1 unspecified atom stereocenters. The SMILES string of the molecule is CC(c1ccc(-c2cccc3nc(CC(=O)C4CC4)nn23)cc1)N(C)C. The predicted octanol–water partition coefficient (Wildman–Crippen LogP) is 3.54. The van der Waals surface area contributed by atoms with Crippen molar-refractivity contribution in [2.75, 3.05) is 14.1 Å². The van der Waals surface area contributed by atoms with Gasteiger partial charge in [0, 0.05) is 17.5 Å². The average Bonchev–Trinajstić information content (AvgIpc) is 3.41. The Bertz CT molecular complexity index is 938. The van der Waals surface area contributed by atoms with Gasteiger partial charge in [0.2, 0.25) is 0 Å². The molecule has 0 saturated heterocycles. The molecule has 4 rings (SSSR count). The van der Waals surface area contributed by atoms with Crippen LogP contribution in [0.5, 0.6) is 0 Å². The van der Waals surface area contributed by atoms with Gasteiger partial charge in [-0.05, 0) is 51.6 Å². The Morgan fingerprint density at radius 3 is 2.58 bits per heavy atom. The quantitative estimate of drug-likeness (QED) is 0.684. The van der Waals surface area contributed by atoms with Gasteiger partial charge in [-0.25, -0.2) is 9.50 Å². The minimum atomic E-state index is 0.243. The summed E-state index contributed by atoms with van der Waals surface area (Å²) in [5.74, 6) is 1.13. The maximum Gasteiger partial charge on any atom is 0.159 e. The number of carbonyl (C=O) groups excluding carboxylic acids is 1. The molecule has 2 aromatic heterocycles. The molecule has 0 N–H and O–H groups in total. The van der Waals surface area contributed by atoms with Crippen LogP contribution in [-0.4, -0.2) is 39.4 Å². The number of rotatable bonds is 6. The number of aromatic nitrogens is 3. The summed E-state index contributed by atoms with van der Waals surface area (Å²) < 4.78 is 1.85. The molecule has 0 spiro atoms. The topological polar surface area (TPSA) is 50.5 Å². The Hall–Kier alpha value is -2.53. The van der Waals surface area contributed by atoms with Crippen LogP contribution < -0.4 is 0 Å². The van der Waals surface area contributed by atoms with Gasteiger partial charge in [-0.2, -0.15) is 5.10 Å². The van der Waals surface area contributed by atoms with Crippen LogP contribution in [-0.2, 0) is 11.2 Å². The van der Waals surface area contributed by atoms with E-state index in [1.54, 1.807) is 0 Å². The van der Waals surface area contributed by atoms with Gasteiger partial charge in [0.25, 0.3) is 0 Å². The van der Waals surface area contributed by atoms with Crippen molar-refractivity contribution in [2.45, 2.75) is 32.2 Å². The van der Waals surface area contributed by atoms with E-state index in [1.165, 1.54) is 5.56 Å². The largest absolute Gasteiger partial charge is 0.303 e. The fraction of sp³-hybridized carbons (Fsp3) is 0.381. The summed E-state index contributed by atoms with van der Waals surface area (Å²) >= 11 is 0. The Morgan fingerprint density at radius 1 is 1.19 bits per heavy atom. The fourth-order valence-corrected chi connectivity index (χ4v) is 3.18. The first kappa shape index (κ1) is 16.9. The molecule has 0 aliphatic heterocycles. The molecule has 2 heterocycles. The van der Waals surface area contributed by atoms with Crippen LogP contribution >= 0.6 is 0 Å². The maximum atomic E-state index is 12.1. The van der Waals surface area contributed by atoms with Crippen molar-refractivity contribution in [2.24, 2.45) is 5.92 Å². The first-order chi connectivity index (χ1) is 12.5. The van der Waals surface area contributed by atoms with Crippen LogP contribution in [0.3, 0.4) is 0 Å². The molecule has 0 bridgehead atoms. The lowest BCUT2D eigenvalue weighted by atomic mass is 10.0. The molecule has 1 aliphatic rings. The lowest BCUT2D eigenvalue weighted by Crippen LogP contribution is -2.16. The highest BCUT2D eigenvalue weighted by Gasteiger charge is 2.30. The van der Waals surface area contributed by atoms with Crippen molar-refractivity contribution in [3.05, 3.63) is 53.9 Å². The van der Waals surface area contributed by atoms with Gasteiger partial charge >= 0.3 is 0 Å². The van der Waals surface area contributed by atoms with Crippen molar-refractivity contribution >= 4 is 11.4 Å². The molecular formula is C21H24N4O. The van der Waals surface area contributed by atoms with E-state index in [2.05, 4.69) is 60.3 Å². The minimum absolute atomic E-state index is 0.243. The van der Waals surface area contributed by atoms with E-state index in [-0.39, 0.29) is 11.7 Å². The minimum Gasteiger partial charge on any atom is -0.303 e. The number of ketones is 1. The summed E-state index contributed by atoms with van der Waals surface area (Å²) in [4.78, 5) is 18.8. The van der Waals surface area contributed by atoms with Crippen molar-refractivity contribution < 1.29 is 4.79 Å². The zero-order chi connectivity index (χ0) is 18.3. The van der Waals surface area contributed by atoms with E-state index in [0.717, 1.165) is 29.7 Å². The number of carbonyl (C=O) groups is 1. The molecule has 3 aromatic rings. The number of fused-ring (bicyclic) bond motifs is 1. The number of nitrogens with zero attached hydrogens (tertiary/aromatic N) is 4. The zero-order valence-corrected chi connectivity index (χ0v) is 15.5. The highest BCUT2D eigenvalue weighted by molar-refractivity contribution is 5.84. The average molecular weight is 348 g/mol. The summed E-state index contributed by atoms with van der Waals surface area (Å²) in [7, 11) is 4.17. The smallest absolute Gasteiger partial charge is 0.159 e. The molecule has 1 saturated carbocycles. The molecular weight excluding hydrogens is 324 g/mol. The third-order valence-corrected chi connectivity index (χ3v) is 5.23. The highest BCUT2D eigenvalue weighted by Crippen LogP contribution is 2.31. The fourth-order valence-electron chi connectivity index (χ4n) is 3.18. The summed E-state index contributed by atoms with van der Waals surface area (Å²) in [6, 6.07) is 14.9. The van der Waals surface area contributed by atoms with Gasteiger partial charge in [0.05, 0.1) is 12.1 Å². The number of hydrogen-bond donors (Lipinski definition) is 0. The van der Waals surface area contributed by atoms with Crippen LogP contribution in [0.25, 0.3) is 16.9 Å². The second-order valence-corrected chi connectivity index (χ2v) is 7.39. The Kier molecular flexibility index (Phi) is 4.32. The number of pyridine rings is 1. The highest BCUT2D eigenvalue weighted by atomic mass is 16.1. The lowest BCUT2D eigenvalue weighted by molar-refractivity contribution is -0.119. The molecule has 5 nitrogen and oxygen atoms in total. The zero-order valence-electron chi connectivity index (χ0n) is 15.5. The lowest BCUT2D eigenvalue weighted by Gasteiger charge is -2.20. The Morgan fingerprint density at radius 2 is 1.92 bits per heavy atom. The van der Waals surface area contributed by atoms with E-state index in [4.69, 9.17) is 0 Å². The third kappa shape index (κ3) is 3.27. The Labute approximate surface area is 153 Å². The normalized spacial score (nSPS) is 15.5. The van der Waals surface area contributed by atoms with Crippen LogP contribution in [0, 0.1) is 5.92 Å². The number of benzene rings is 1. The van der Waals surface area contributed by atoms with Crippen molar-refractivity contribution in [1.82, 2.24) is 19.5 Å². The van der Waals surface area contributed by atoms with Crippen LogP contribution in [0.4, 0.5) is 0 Å². The summed E-state index contributed by atoms with van der Waals surface area (Å²) in [5.41, 5.74) is 4.14. The summed E-state index contributed by atoms with van der Waals surface area (Å²) in [5, 5.41) is 4.60. The first-order valence-electron chi connectivity index (χ1n) is 9.17. The number of hydrogen-bond acceptors (Lipinski definition) is 4. The van der Waals surface area contributed by atoms with E-state index in [9.17, 15) is 4.79 Å². The second-order valence-electron chi connectivity index (χ2n) is 7.39. The van der Waals surface area contributed by atoms with Gasteiger partial charge in [0.15, 0.2) is 11.5 Å².